The molecule has 0 radical (unpaired) electrons. The highest BCUT2D eigenvalue weighted by Gasteiger charge is 2.20. The van der Waals surface area contributed by atoms with E-state index in [1.165, 1.54) is 83.5 Å². The number of allylic oxidation sites excluding steroid dienone is 20. The van der Waals surface area contributed by atoms with E-state index in [0.717, 1.165) is 103 Å². The fourth-order valence-corrected chi connectivity index (χ4v) is 6.92. The van der Waals surface area contributed by atoms with Gasteiger partial charge in [-0.15, -0.1) is 0 Å². The lowest BCUT2D eigenvalue weighted by Gasteiger charge is -2.22. The second kappa shape index (κ2) is 51.1. The van der Waals surface area contributed by atoms with E-state index in [4.69, 9.17) is 0 Å². The van der Waals surface area contributed by atoms with Gasteiger partial charge in [0.2, 0.25) is 5.91 Å². The Kier molecular flexibility index (Phi) is 48.5. The van der Waals surface area contributed by atoms with Crippen LogP contribution in [0.25, 0.3) is 0 Å². The number of unbranched alkanes of at least 4 members (excludes halogenated alkanes) is 17. The first-order valence-corrected chi connectivity index (χ1v) is 25.2. The van der Waals surface area contributed by atoms with Gasteiger partial charge in [0.05, 0.1) is 18.8 Å². The third-order valence-corrected chi connectivity index (χ3v) is 10.7. The fraction of sp³-hybridized carbons (Fsp3) is 0.632. The quantitative estimate of drug-likeness (QED) is 0.0423. The van der Waals surface area contributed by atoms with Gasteiger partial charge in [-0.25, -0.2) is 0 Å². The molecule has 61 heavy (non-hydrogen) atoms. The van der Waals surface area contributed by atoms with Crippen molar-refractivity contribution < 1.29 is 15.0 Å². The zero-order valence-corrected chi connectivity index (χ0v) is 39.6. The maximum absolute atomic E-state index is 12.4. The molecule has 0 aliphatic carbocycles. The molecule has 0 heterocycles. The third kappa shape index (κ3) is 47.7. The minimum atomic E-state index is -0.673. The third-order valence-electron chi connectivity index (χ3n) is 10.7. The maximum Gasteiger partial charge on any atom is 0.220 e. The molecule has 0 aromatic heterocycles. The Morgan fingerprint density at radius 2 is 0.721 bits per heavy atom. The van der Waals surface area contributed by atoms with Gasteiger partial charge in [0.25, 0.3) is 0 Å². The van der Waals surface area contributed by atoms with Gasteiger partial charge in [0.1, 0.15) is 0 Å². The summed E-state index contributed by atoms with van der Waals surface area (Å²) < 4.78 is 0. The predicted molar refractivity (Wildman–Crippen MR) is 271 cm³/mol. The van der Waals surface area contributed by atoms with Crippen molar-refractivity contribution in [3.8, 4) is 0 Å². The molecule has 0 aromatic rings. The summed E-state index contributed by atoms with van der Waals surface area (Å²) in [6.45, 7) is 4.22. The summed E-state index contributed by atoms with van der Waals surface area (Å²) in [6, 6.07) is -0.552. The Morgan fingerprint density at radius 3 is 1.08 bits per heavy atom. The van der Waals surface area contributed by atoms with Crippen LogP contribution in [0.4, 0.5) is 0 Å². The summed E-state index contributed by atoms with van der Waals surface area (Å²) >= 11 is 0. The lowest BCUT2D eigenvalue weighted by atomic mass is 10.0. The second-order valence-electron chi connectivity index (χ2n) is 16.5. The van der Waals surface area contributed by atoms with E-state index in [-0.39, 0.29) is 12.5 Å². The van der Waals surface area contributed by atoms with Crippen LogP contribution in [0.2, 0.25) is 0 Å². The predicted octanol–water partition coefficient (Wildman–Crippen LogP) is 16.5. The standard InChI is InChI=1S/C57H95NO3/c1-3-5-7-9-11-13-15-17-18-19-20-21-22-23-24-25-26-27-28-29-30-31-32-33-34-35-36-37-38-39-40-41-43-45-47-49-51-53-57(61)58-55(54-59)56(60)52-50-48-46-44-42-16-14-12-10-8-6-4-2/h5,7,11,13,17-18,20-21,23-24,26-27,29-30,32-33,35-36,38-39,55-56,59-60H,3-4,6,8-10,12,14-16,19,22,25,28,31,34,37,40-54H2,1-2H3,(H,58,61)/b7-5-,13-11-,18-17-,21-20-,24-23-,27-26-,30-29-,33-32-,36-35-,39-38-. The Balaban J connectivity index is 3.65. The van der Waals surface area contributed by atoms with Gasteiger partial charge in [-0.3, -0.25) is 4.79 Å². The Morgan fingerprint density at radius 1 is 0.410 bits per heavy atom. The van der Waals surface area contributed by atoms with Gasteiger partial charge in [-0.2, -0.15) is 0 Å². The van der Waals surface area contributed by atoms with Crippen LogP contribution in [0.3, 0.4) is 0 Å². The monoisotopic (exact) mass is 842 g/mol. The summed E-state index contributed by atoms with van der Waals surface area (Å²) in [5.74, 6) is -0.0523. The number of nitrogens with one attached hydrogen (secondary N) is 1. The Hall–Kier alpha value is -3.21. The number of hydrogen-bond donors (Lipinski definition) is 3. The van der Waals surface area contributed by atoms with Crippen LogP contribution >= 0.6 is 0 Å². The summed E-state index contributed by atoms with van der Waals surface area (Å²) in [5.41, 5.74) is 0. The number of carbonyl (C=O) groups is 1. The fourth-order valence-electron chi connectivity index (χ4n) is 6.92. The maximum atomic E-state index is 12.4. The van der Waals surface area contributed by atoms with Crippen LogP contribution in [0.5, 0.6) is 0 Å². The van der Waals surface area contributed by atoms with Crippen LogP contribution in [0, 0.1) is 0 Å². The number of hydrogen-bond acceptors (Lipinski definition) is 3. The van der Waals surface area contributed by atoms with Gasteiger partial charge in [0, 0.05) is 6.42 Å². The topological polar surface area (TPSA) is 69.6 Å². The summed E-state index contributed by atoms with van der Waals surface area (Å²) in [5, 5.41) is 23.2. The number of aliphatic hydroxyl groups is 2. The van der Waals surface area contributed by atoms with Crippen LogP contribution in [0.15, 0.2) is 122 Å². The lowest BCUT2D eigenvalue weighted by Crippen LogP contribution is -2.45. The molecule has 0 saturated carbocycles. The van der Waals surface area contributed by atoms with Crippen molar-refractivity contribution in [2.24, 2.45) is 0 Å². The highest BCUT2D eigenvalue weighted by atomic mass is 16.3. The van der Waals surface area contributed by atoms with Gasteiger partial charge in [-0.1, -0.05) is 238 Å². The lowest BCUT2D eigenvalue weighted by molar-refractivity contribution is -0.123. The molecule has 0 bridgehead atoms. The molecule has 3 N–H and O–H groups in total. The van der Waals surface area contributed by atoms with Gasteiger partial charge in [-0.05, 0) is 89.9 Å². The van der Waals surface area contributed by atoms with Gasteiger partial charge >= 0.3 is 0 Å². The molecule has 2 atom stereocenters. The summed E-state index contributed by atoms with van der Waals surface area (Å²) in [6.07, 6.45) is 78.6. The van der Waals surface area contributed by atoms with Crippen LogP contribution < -0.4 is 5.32 Å². The molecule has 346 valence electrons. The molecule has 2 unspecified atom stereocenters. The van der Waals surface area contributed by atoms with Gasteiger partial charge < -0.3 is 15.5 Å². The highest BCUT2D eigenvalue weighted by Crippen LogP contribution is 2.15. The molecule has 0 saturated heterocycles. The molecule has 4 nitrogen and oxygen atoms in total. The first-order chi connectivity index (χ1) is 30.2. The Bertz CT molecular complexity index is 1230. The molecule has 4 heteroatoms. The van der Waals surface area contributed by atoms with Crippen molar-refractivity contribution in [2.45, 2.75) is 225 Å². The minimum absolute atomic E-state index is 0.0523. The van der Waals surface area contributed by atoms with E-state index in [9.17, 15) is 15.0 Å². The molecule has 0 fully saturated rings. The molecule has 0 spiro atoms. The first kappa shape index (κ1) is 57.8. The van der Waals surface area contributed by atoms with Crippen molar-refractivity contribution in [3.05, 3.63) is 122 Å². The number of aliphatic hydroxyl groups excluding tert-OH is 2. The zero-order valence-electron chi connectivity index (χ0n) is 39.6. The Labute approximate surface area is 378 Å². The van der Waals surface area contributed by atoms with E-state index in [2.05, 4.69) is 141 Å². The molecule has 0 aromatic carbocycles. The summed E-state index contributed by atoms with van der Waals surface area (Å²) in [4.78, 5) is 12.4. The highest BCUT2D eigenvalue weighted by molar-refractivity contribution is 5.76. The molecule has 0 aliphatic heterocycles. The number of carbonyl (C=O) groups excluding carboxylic acids is 1. The zero-order chi connectivity index (χ0) is 44.2. The van der Waals surface area contributed by atoms with Crippen molar-refractivity contribution in [2.75, 3.05) is 6.61 Å². The smallest absolute Gasteiger partial charge is 0.220 e. The first-order valence-electron chi connectivity index (χ1n) is 25.2. The van der Waals surface area contributed by atoms with Gasteiger partial charge in [0.15, 0.2) is 0 Å². The number of amides is 1. The largest absolute Gasteiger partial charge is 0.394 e. The van der Waals surface area contributed by atoms with E-state index in [0.29, 0.717) is 12.8 Å². The van der Waals surface area contributed by atoms with Crippen LogP contribution in [-0.2, 0) is 4.79 Å². The normalized spacial score (nSPS) is 14.0. The van der Waals surface area contributed by atoms with E-state index in [1.54, 1.807) is 0 Å². The van der Waals surface area contributed by atoms with Crippen molar-refractivity contribution >= 4 is 5.91 Å². The average Bonchev–Trinajstić information content (AvgIpc) is 3.26. The van der Waals surface area contributed by atoms with Crippen molar-refractivity contribution in [1.29, 1.82) is 0 Å². The SMILES string of the molecule is CC/C=C\C/C=C\C/C=C\C/C=C\C/C=C\C/C=C\C/C=C\C/C=C\C/C=C\C/C=C\CCCCCCCCC(=O)NC(CO)C(O)CCCCCCCCCCCCCC. The van der Waals surface area contributed by atoms with Crippen molar-refractivity contribution in [3.63, 3.8) is 0 Å². The van der Waals surface area contributed by atoms with Crippen LogP contribution in [0.1, 0.15) is 213 Å². The van der Waals surface area contributed by atoms with E-state index >= 15 is 0 Å². The van der Waals surface area contributed by atoms with Crippen LogP contribution in [-0.4, -0.2) is 34.9 Å². The minimum Gasteiger partial charge on any atom is -0.394 e. The molecule has 0 aliphatic rings. The molecular weight excluding hydrogens is 747 g/mol. The van der Waals surface area contributed by atoms with Crippen molar-refractivity contribution in [1.82, 2.24) is 5.32 Å². The molecule has 0 rings (SSSR count). The molecular formula is C57H95NO3. The second-order valence-corrected chi connectivity index (χ2v) is 16.5. The average molecular weight is 842 g/mol. The number of rotatable bonds is 44. The summed E-state index contributed by atoms with van der Waals surface area (Å²) in [7, 11) is 0. The van der Waals surface area contributed by atoms with E-state index < -0.39 is 12.1 Å². The molecule has 1 amide bonds. The van der Waals surface area contributed by atoms with E-state index in [1.807, 2.05) is 0 Å².